The molecule has 14 heteroatoms. The zero-order valence-electron chi connectivity index (χ0n) is 14.9. The molecule has 0 saturated carbocycles. The molecule has 1 atom stereocenters. The average Bonchev–Trinajstić information content (AvgIpc) is 2.63. The maximum absolute atomic E-state index is 13.6. The minimum absolute atomic E-state index is 0.231. The molecule has 1 rings (SSSR count). The minimum Gasteiger partial charge on any atom is -0.456 e. The van der Waals surface area contributed by atoms with Gasteiger partial charge in [0.05, 0.1) is 13.0 Å². The van der Waals surface area contributed by atoms with Crippen molar-refractivity contribution in [2.45, 2.75) is 30.2 Å². The summed E-state index contributed by atoms with van der Waals surface area (Å²) in [4.78, 5) is 23.5. The van der Waals surface area contributed by atoms with E-state index < -0.39 is 58.9 Å². The third-order valence-corrected chi connectivity index (χ3v) is 4.30. The summed E-state index contributed by atoms with van der Waals surface area (Å²) in [6.07, 6.45) is -7.59. The van der Waals surface area contributed by atoms with E-state index in [-0.39, 0.29) is 11.6 Å². The second-order valence-corrected chi connectivity index (χ2v) is 7.06. The van der Waals surface area contributed by atoms with Gasteiger partial charge in [0.2, 0.25) is 0 Å². The zero-order chi connectivity index (χ0) is 23.2. The first-order valence-corrected chi connectivity index (χ1v) is 9.22. The fourth-order valence-corrected chi connectivity index (χ4v) is 2.17. The summed E-state index contributed by atoms with van der Waals surface area (Å²) in [7, 11) is -5.98. The molecule has 8 nitrogen and oxygen atoms in total. The van der Waals surface area contributed by atoms with Gasteiger partial charge in [0, 0.05) is 6.08 Å². The van der Waals surface area contributed by atoms with Gasteiger partial charge in [0.1, 0.15) is 6.61 Å². The number of rotatable bonds is 10. The van der Waals surface area contributed by atoms with Crippen LogP contribution >= 0.6 is 0 Å². The number of halogens is 5. The molecular weight excluding hydrogens is 447 g/mol. The first-order chi connectivity index (χ1) is 13.7. The highest BCUT2D eigenvalue weighted by Crippen LogP contribution is 2.38. The third kappa shape index (κ3) is 6.21. The average molecular weight is 462 g/mol. The molecular formula is C16H15F5O8S. The van der Waals surface area contributed by atoms with E-state index in [2.05, 4.69) is 20.8 Å². The van der Waals surface area contributed by atoms with Crippen molar-refractivity contribution < 1.29 is 58.7 Å². The summed E-state index contributed by atoms with van der Waals surface area (Å²) >= 11 is 0. The summed E-state index contributed by atoms with van der Waals surface area (Å²) in [6.45, 7) is 0.341. The smallest absolute Gasteiger partial charge is 0.456 e. The van der Waals surface area contributed by atoms with Gasteiger partial charge in [-0.3, -0.25) is 4.55 Å². The van der Waals surface area contributed by atoms with Gasteiger partial charge in [0.15, 0.2) is 0 Å². The van der Waals surface area contributed by atoms with Crippen molar-refractivity contribution in [3.05, 3.63) is 48.6 Å². The lowest BCUT2D eigenvalue weighted by Gasteiger charge is -2.32. The molecule has 0 amide bonds. The predicted molar refractivity (Wildman–Crippen MR) is 88.4 cm³/mol. The van der Waals surface area contributed by atoms with Gasteiger partial charge >= 0.3 is 39.3 Å². The quantitative estimate of drug-likeness (QED) is 0.186. The van der Waals surface area contributed by atoms with Gasteiger partial charge in [-0.15, -0.1) is 0 Å². The first kappa shape index (κ1) is 25.5. The summed E-state index contributed by atoms with van der Waals surface area (Å²) in [5.74, 6) is -8.63. The Morgan fingerprint density at radius 1 is 1.10 bits per heavy atom. The second-order valence-electron chi connectivity index (χ2n) is 5.51. The number of ether oxygens (including phenoxy) is 3. The Kier molecular flexibility index (Phi) is 8.05. The van der Waals surface area contributed by atoms with Crippen LogP contribution in [0.3, 0.4) is 0 Å². The number of carbonyl (C=O) groups is 2. The number of hydrogen-bond acceptors (Lipinski definition) is 7. The molecule has 0 spiro atoms. The van der Waals surface area contributed by atoms with E-state index >= 15 is 0 Å². The van der Waals surface area contributed by atoms with Crippen molar-refractivity contribution >= 4 is 22.1 Å². The van der Waals surface area contributed by atoms with Crippen LogP contribution in [-0.4, -0.2) is 48.7 Å². The highest BCUT2D eigenvalue weighted by atomic mass is 32.2. The maximum Gasteiger partial charge on any atom is 0.468 e. The highest BCUT2D eigenvalue weighted by molar-refractivity contribution is 7.86. The van der Waals surface area contributed by atoms with Crippen LogP contribution in [0.1, 0.15) is 12.0 Å². The SMILES string of the molecule is C=CC(=O)OC(OCCC(F)(F)S(=O)(=O)O)(C(=O)OCc1ccccc1)C(F)(F)F. The van der Waals surface area contributed by atoms with Crippen molar-refractivity contribution in [1.82, 2.24) is 0 Å². The maximum atomic E-state index is 13.6. The van der Waals surface area contributed by atoms with Gasteiger partial charge in [-0.25, -0.2) is 9.59 Å². The van der Waals surface area contributed by atoms with Crippen LogP contribution in [0.25, 0.3) is 0 Å². The fourth-order valence-electron chi connectivity index (χ4n) is 1.83. The van der Waals surface area contributed by atoms with E-state index in [1.807, 2.05) is 0 Å². The zero-order valence-corrected chi connectivity index (χ0v) is 15.7. The molecule has 1 N–H and O–H groups in total. The van der Waals surface area contributed by atoms with Crippen molar-refractivity contribution in [2.24, 2.45) is 0 Å². The molecule has 0 saturated heterocycles. The van der Waals surface area contributed by atoms with Crippen molar-refractivity contribution in [3.63, 3.8) is 0 Å². The monoisotopic (exact) mass is 462 g/mol. The van der Waals surface area contributed by atoms with E-state index in [9.17, 15) is 40.0 Å². The van der Waals surface area contributed by atoms with Crippen molar-refractivity contribution in [1.29, 1.82) is 0 Å². The van der Waals surface area contributed by atoms with Crippen LogP contribution in [0.4, 0.5) is 22.0 Å². The van der Waals surface area contributed by atoms with Crippen LogP contribution in [0, 0.1) is 0 Å². The molecule has 0 bridgehead atoms. The van der Waals surface area contributed by atoms with Crippen LogP contribution in [0.2, 0.25) is 0 Å². The molecule has 0 aliphatic carbocycles. The Labute approximate surface area is 167 Å². The van der Waals surface area contributed by atoms with E-state index in [1.54, 1.807) is 6.07 Å². The minimum atomic E-state index is -5.98. The Balaban J connectivity index is 3.16. The molecule has 1 aromatic rings. The Morgan fingerprint density at radius 2 is 1.67 bits per heavy atom. The molecule has 1 aromatic carbocycles. The largest absolute Gasteiger partial charge is 0.468 e. The summed E-state index contributed by atoms with van der Waals surface area (Å²) in [5.41, 5.74) is 0.231. The number of carbonyl (C=O) groups excluding carboxylic acids is 2. The molecule has 0 aliphatic rings. The van der Waals surface area contributed by atoms with Gasteiger partial charge in [-0.2, -0.15) is 30.4 Å². The van der Waals surface area contributed by atoms with E-state index in [0.717, 1.165) is 0 Å². The Morgan fingerprint density at radius 3 is 2.13 bits per heavy atom. The molecule has 0 aliphatic heterocycles. The lowest BCUT2D eigenvalue weighted by molar-refractivity contribution is -0.355. The lowest BCUT2D eigenvalue weighted by Crippen LogP contribution is -2.58. The Bertz CT molecular complexity index is 869. The fraction of sp³-hybridized carbons (Fsp3) is 0.375. The number of benzene rings is 1. The lowest BCUT2D eigenvalue weighted by atomic mass is 10.2. The van der Waals surface area contributed by atoms with E-state index in [0.29, 0.717) is 0 Å². The predicted octanol–water partition coefficient (Wildman–Crippen LogP) is 2.60. The van der Waals surface area contributed by atoms with E-state index in [1.165, 1.54) is 24.3 Å². The van der Waals surface area contributed by atoms with Crippen molar-refractivity contribution in [2.75, 3.05) is 6.61 Å². The van der Waals surface area contributed by atoms with Crippen LogP contribution in [0.5, 0.6) is 0 Å². The standard InChI is InChI=1S/C16H15F5O8S/c1-2-12(22)29-15(16(19,20)21,28-9-8-14(17,18)30(24,25)26)13(23)27-10-11-6-4-3-5-7-11/h2-7H,1,8-10H2,(H,24,25,26). The molecule has 1 unspecified atom stereocenters. The number of esters is 2. The molecule has 0 fully saturated rings. The van der Waals surface area contributed by atoms with Gasteiger partial charge in [-0.05, 0) is 5.56 Å². The van der Waals surface area contributed by atoms with Gasteiger partial charge in [0.25, 0.3) is 0 Å². The molecule has 168 valence electrons. The molecule has 0 aromatic heterocycles. The third-order valence-electron chi connectivity index (χ3n) is 3.34. The first-order valence-electron chi connectivity index (χ1n) is 7.78. The molecule has 30 heavy (non-hydrogen) atoms. The van der Waals surface area contributed by atoms with Crippen LogP contribution in [-0.2, 0) is 40.5 Å². The summed E-state index contributed by atoms with van der Waals surface area (Å²) in [6, 6.07) is 7.28. The Hall–Kier alpha value is -2.58. The number of alkyl halides is 5. The second kappa shape index (κ2) is 9.49. The molecule has 0 heterocycles. The summed E-state index contributed by atoms with van der Waals surface area (Å²) < 4.78 is 109. The topological polar surface area (TPSA) is 116 Å². The van der Waals surface area contributed by atoms with Gasteiger partial charge < -0.3 is 14.2 Å². The van der Waals surface area contributed by atoms with Gasteiger partial charge in [-0.1, -0.05) is 36.9 Å². The van der Waals surface area contributed by atoms with Crippen molar-refractivity contribution in [3.8, 4) is 0 Å². The molecule has 0 radical (unpaired) electrons. The normalized spacial score (nSPS) is 14.5. The highest BCUT2D eigenvalue weighted by Gasteiger charge is 2.68. The van der Waals surface area contributed by atoms with Crippen LogP contribution in [0.15, 0.2) is 43.0 Å². The number of hydrogen-bond donors (Lipinski definition) is 1. The van der Waals surface area contributed by atoms with E-state index in [4.69, 9.17) is 4.55 Å². The van der Waals surface area contributed by atoms with Crippen LogP contribution < -0.4 is 0 Å². The summed E-state index contributed by atoms with van der Waals surface area (Å²) in [5, 5.41) is -4.90.